The summed E-state index contributed by atoms with van der Waals surface area (Å²) in [6.45, 7) is 1.76. The molecule has 0 aliphatic heterocycles. The summed E-state index contributed by atoms with van der Waals surface area (Å²) in [5.74, 6) is -2.79. The van der Waals surface area contributed by atoms with Crippen LogP contribution in [-0.2, 0) is 19.1 Å². The van der Waals surface area contributed by atoms with Crippen molar-refractivity contribution in [2.75, 3.05) is 6.61 Å². The minimum Gasteiger partial charge on any atom is -0.460 e. The number of esters is 1. The quantitative estimate of drug-likeness (QED) is 0.288. The van der Waals surface area contributed by atoms with Gasteiger partial charge in [-0.3, -0.25) is 9.59 Å². The van der Waals surface area contributed by atoms with E-state index in [4.69, 9.17) is 0 Å². The maximum absolute atomic E-state index is 11.4. The summed E-state index contributed by atoms with van der Waals surface area (Å²) in [5, 5.41) is 0. The van der Waals surface area contributed by atoms with E-state index in [0.717, 1.165) is 0 Å². The zero-order valence-corrected chi connectivity index (χ0v) is 7.99. The average Bonchev–Trinajstić information content (AvgIpc) is 2.18. The van der Waals surface area contributed by atoms with Crippen LogP contribution < -0.4 is 0 Å². The van der Waals surface area contributed by atoms with Gasteiger partial charge in [0.2, 0.25) is 0 Å². The largest absolute Gasteiger partial charge is 0.460 e. The van der Waals surface area contributed by atoms with E-state index < -0.39 is 17.7 Å². The highest BCUT2D eigenvalue weighted by molar-refractivity contribution is 6.39. The number of ether oxygens (including phenoxy) is 1. The maximum Gasteiger partial charge on any atom is 0.375 e. The molecule has 0 fully saturated rings. The molecule has 76 valence electrons. The fourth-order valence-electron chi connectivity index (χ4n) is 1.28. The molecule has 0 aromatic heterocycles. The van der Waals surface area contributed by atoms with Crippen molar-refractivity contribution < 1.29 is 19.1 Å². The van der Waals surface area contributed by atoms with Crippen LogP contribution in [0.3, 0.4) is 0 Å². The summed E-state index contributed by atoms with van der Waals surface area (Å²) in [5.41, 5.74) is 0. The van der Waals surface area contributed by atoms with E-state index in [2.05, 4.69) is 4.74 Å². The molecule has 1 rings (SSSR count). The zero-order chi connectivity index (χ0) is 10.6. The second-order valence-electron chi connectivity index (χ2n) is 3.00. The van der Waals surface area contributed by atoms with Crippen molar-refractivity contribution in [3.8, 4) is 0 Å². The molecule has 0 bridgehead atoms. The van der Waals surface area contributed by atoms with Gasteiger partial charge in [0.1, 0.15) is 11.7 Å². The van der Waals surface area contributed by atoms with E-state index in [9.17, 15) is 14.4 Å². The average molecular weight is 196 g/mol. The topological polar surface area (TPSA) is 60.4 Å². The number of ketones is 2. The molecule has 4 nitrogen and oxygen atoms in total. The molecule has 14 heavy (non-hydrogen) atoms. The first-order chi connectivity index (χ1) is 6.66. The lowest BCUT2D eigenvalue weighted by molar-refractivity contribution is -0.156. The van der Waals surface area contributed by atoms with E-state index in [-0.39, 0.29) is 12.4 Å². The predicted molar refractivity (Wildman–Crippen MR) is 48.5 cm³/mol. The molecule has 1 aliphatic rings. The lowest BCUT2D eigenvalue weighted by Gasteiger charge is -2.12. The molecule has 0 N–H and O–H groups in total. The number of carbonyl (C=O) groups excluding carboxylic acids is 3. The molecule has 0 saturated carbocycles. The lowest BCUT2D eigenvalue weighted by atomic mass is 9.91. The SMILES string of the molecule is CCOC(=O)C(=O)C1C=CCCC1=O. The van der Waals surface area contributed by atoms with Crippen LogP contribution in [0.5, 0.6) is 0 Å². The van der Waals surface area contributed by atoms with Crippen molar-refractivity contribution in [2.24, 2.45) is 5.92 Å². The van der Waals surface area contributed by atoms with E-state index >= 15 is 0 Å². The minimum absolute atomic E-state index is 0.148. The van der Waals surface area contributed by atoms with Crippen molar-refractivity contribution >= 4 is 17.5 Å². The van der Waals surface area contributed by atoms with Gasteiger partial charge in [-0.25, -0.2) is 4.79 Å². The highest BCUT2D eigenvalue weighted by Crippen LogP contribution is 2.14. The second kappa shape index (κ2) is 4.69. The molecule has 0 heterocycles. The van der Waals surface area contributed by atoms with Gasteiger partial charge in [0.25, 0.3) is 5.78 Å². The van der Waals surface area contributed by atoms with Crippen LogP contribution in [0.4, 0.5) is 0 Å². The van der Waals surface area contributed by atoms with Crippen molar-refractivity contribution in [3.05, 3.63) is 12.2 Å². The number of allylic oxidation sites excluding steroid dienone is 2. The van der Waals surface area contributed by atoms with Gasteiger partial charge in [0.15, 0.2) is 0 Å². The smallest absolute Gasteiger partial charge is 0.375 e. The first-order valence-corrected chi connectivity index (χ1v) is 4.57. The molecular formula is C10H12O4. The summed E-state index contributed by atoms with van der Waals surface area (Å²) in [6.07, 6.45) is 4.19. The highest BCUT2D eigenvalue weighted by Gasteiger charge is 2.31. The monoisotopic (exact) mass is 196 g/mol. The van der Waals surface area contributed by atoms with Gasteiger partial charge in [-0.05, 0) is 13.3 Å². The van der Waals surface area contributed by atoms with Crippen LogP contribution in [0.15, 0.2) is 12.2 Å². The van der Waals surface area contributed by atoms with Crippen molar-refractivity contribution in [1.82, 2.24) is 0 Å². The fraction of sp³-hybridized carbons (Fsp3) is 0.500. The summed E-state index contributed by atoms with van der Waals surface area (Å²) in [6, 6.07) is 0. The van der Waals surface area contributed by atoms with Crippen LogP contribution in [0, 0.1) is 5.92 Å². The Balaban J connectivity index is 2.68. The molecule has 1 aliphatic carbocycles. The number of hydrogen-bond donors (Lipinski definition) is 0. The number of carbonyl (C=O) groups is 3. The molecule has 0 aromatic carbocycles. The third-order valence-corrected chi connectivity index (χ3v) is 1.99. The molecule has 0 amide bonds. The van der Waals surface area contributed by atoms with Crippen LogP contribution in [0.2, 0.25) is 0 Å². The van der Waals surface area contributed by atoms with Gasteiger partial charge in [0, 0.05) is 6.42 Å². The van der Waals surface area contributed by atoms with Crippen LogP contribution in [0.1, 0.15) is 19.8 Å². The number of hydrogen-bond acceptors (Lipinski definition) is 4. The Morgan fingerprint density at radius 2 is 2.29 bits per heavy atom. The normalized spacial score (nSPS) is 20.6. The summed E-state index contributed by atoms with van der Waals surface area (Å²) < 4.78 is 4.53. The Hall–Kier alpha value is -1.45. The summed E-state index contributed by atoms with van der Waals surface area (Å²) in [7, 11) is 0. The van der Waals surface area contributed by atoms with E-state index in [1.54, 1.807) is 13.0 Å². The molecule has 0 aromatic rings. The molecule has 0 radical (unpaired) electrons. The Kier molecular flexibility index (Phi) is 3.56. The van der Waals surface area contributed by atoms with E-state index in [1.807, 2.05) is 0 Å². The number of rotatable bonds is 3. The third kappa shape index (κ3) is 2.28. The third-order valence-electron chi connectivity index (χ3n) is 1.99. The van der Waals surface area contributed by atoms with Crippen molar-refractivity contribution in [1.29, 1.82) is 0 Å². The Labute approximate surface area is 81.9 Å². The molecule has 1 atom stereocenters. The maximum atomic E-state index is 11.4. The highest BCUT2D eigenvalue weighted by atomic mass is 16.5. The number of Topliss-reactive ketones (excluding diaryl/α,β-unsaturated/α-hetero) is 2. The standard InChI is InChI=1S/C10H12O4/c1-2-14-10(13)9(12)7-5-3-4-6-8(7)11/h3,5,7H,2,4,6H2,1H3. The fourth-order valence-corrected chi connectivity index (χ4v) is 1.28. The Morgan fingerprint density at radius 3 is 2.86 bits per heavy atom. The summed E-state index contributed by atoms with van der Waals surface area (Å²) >= 11 is 0. The van der Waals surface area contributed by atoms with Gasteiger partial charge in [-0.1, -0.05) is 12.2 Å². The van der Waals surface area contributed by atoms with Gasteiger partial charge in [-0.2, -0.15) is 0 Å². The van der Waals surface area contributed by atoms with Gasteiger partial charge in [0.05, 0.1) is 6.61 Å². The molecule has 1 unspecified atom stereocenters. The summed E-state index contributed by atoms with van der Waals surface area (Å²) in [4.78, 5) is 33.6. The van der Waals surface area contributed by atoms with Crippen molar-refractivity contribution in [2.45, 2.75) is 19.8 Å². The van der Waals surface area contributed by atoms with Crippen molar-refractivity contribution in [3.63, 3.8) is 0 Å². The molecule has 0 saturated heterocycles. The first-order valence-electron chi connectivity index (χ1n) is 4.57. The van der Waals surface area contributed by atoms with Crippen LogP contribution >= 0.6 is 0 Å². The second-order valence-corrected chi connectivity index (χ2v) is 3.00. The van der Waals surface area contributed by atoms with E-state index in [1.165, 1.54) is 6.08 Å². The van der Waals surface area contributed by atoms with E-state index in [0.29, 0.717) is 12.8 Å². The van der Waals surface area contributed by atoms with Crippen LogP contribution in [0.25, 0.3) is 0 Å². The Bertz CT molecular complexity index is 290. The van der Waals surface area contributed by atoms with Gasteiger partial charge in [-0.15, -0.1) is 0 Å². The molecule has 0 spiro atoms. The minimum atomic E-state index is -0.919. The predicted octanol–water partition coefficient (Wildman–Crippen LogP) is 0.654. The van der Waals surface area contributed by atoms with Gasteiger partial charge >= 0.3 is 5.97 Å². The first kappa shape index (κ1) is 10.6. The lowest BCUT2D eigenvalue weighted by Crippen LogP contribution is -2.31. The van der Waals surface area contributed by atoms with Gasteiger partial charge < -0.3 is 4.74 Å². The molecular weight excluding hydrogens is 184 g/mol. The molecule has 4 heteroatoms. The van der Waals surface area contributed by atoms with Crippen LogP contribution in [-0.4, -0.2) is 24.1 Å². The Morgan fingerprint density at radius 1 is 1.57 bits per heavy atom. The zero-order valence-electron chi connectivity index (χ0n) is 7.99.